The van der Waals surface area contributed by atoms with Crippen LogP contribution in [0.5, 0.6) is 0 Å². The third kappa shape index (κ3) is 3.31. The van der Waals surface area contributed by atoms with E-state index in [0.717, 1.165) is 0 Å². The average Bonchev–Trinajstić information content (AvgIpc) is 2.73. The molecule has 0 atom stereocenters. The minimum absolute atomic E-state index is 0.00233. The van der Waals surface area contributed by atoms with Crippen LogP contribution in [0.3, 0.4) is 0 Å². The zero-order chi connectivity index (χ0) is 12.3. The monoisotopic (exact) mass is 268 g/mol. The quantitative estimate of drug-likeness (QED) is 0.630. The van der Waals surface area contributed by atoms with Crippen LogP contribution >= 0.6 is 23.4 Å². The number of carbonyl (C=O) groups excluding carboxylic acids is 1. The Bertz CT molecular complexity index is 525. The number of carbonyl (C=O) groups is 1. The summed E-state index contributed by atoms with van der Waals surface area (Å²) < 4.78 is 5.16. The number of hydrogen-bond acceptors (Lipinski definition) is 5. The number of ketones is 1. The van der Waals surface area contributed by atoms with Crippen molar-refractivity contribution in [3.63, 3.8) is 0 Å². The molecule has 1 aromatic heterocycles. The molecule has 1 heterocycles. The molecular weight excluding hydrogens is 260 g/mol. The molecule has 0 saturated carbocycles. The van der Waals surface area contributed by atoms with Gasteiger partial charge in [-0.1, -0.05) is 23.4 Å². The van der Waals surface area contributed by atoms with Crippen molar-refractivity contribution in [3.05, 3.63) is 40.7 Å². The predicted octanol–water partition coefficient (Wildman–Crippen LogP) is 3.01. The molecule has 4 nitrogen and oxygen atoms in total. The molecule has 17 heavy (non-hydrogen) atoms. The maximum atomic E-state index is 11.8. The highest BCUT2D eigenvalue weighted by atomic mass is 35.5. The Morgan fingerprint density at radius 2 is 2.06 bits per heavy atom. The molecule has 0 unspecified atom stereocenters. The van der Waals surface area contributed by atoms with Gasteiger partial charge in [0.2, 0.25) is 5.89 Å². The molecule has 0 fully saturated rings. The van der Waals surface area contributed by atoms with Crippen molar-refractivity contribution in [2.24, 2.45) is 0 Å². The summed E-state index contributed by atoms with van der Waals surface area (Å²) in [7, 11) is 0. The molecule has 0 radical (unpaired) electrons. The topological polar surface area (TPSA) is 56.0 Å². The maximum Gasteiger partial charge on any atom is 0.277 e. The van der Waals surface area contributed by atoms with Crippen LogP contribution < -0.4 is 0 Å². The van der Waals surface area contributed by atoms with Crippen LogP contribution in [0.4, 0.5) is 0 Å². The molecule has 0 saturated heterocycles. The molecule has 0 N–H and O–H groups in total. The zero-order valence-electron chi connectivity index (χ0n) is 9.01. The molecule has 0 aliphatic carbocycles. The van der Waals surface area contributed by atoms with Gasteiger partial charge in [-0.3, -0.25) is 4.79 Å². The van der Waals surface area contributed by atoms with E-state index in [2.05, 4.69) is 10.2 Å². The zero-order valence-corrected chi connectivity index (χ0v) is 10.6. The van der Waals surface area contributed by atoms with Gasteiger partial charge >= 0.3 is 0 Å². The standard InChI is InChI=1S/C11H9ClN2O2S/c1-7-13-14-11(16-7)17-6-10(15)8-2-4-9(12)5-3-8/h2-5H,6H2,1H3. The first-order chi connectivity index (χ1) is 8.15. The number of thioether (sulfide) groups is 1. The first-order valence-electron chi connectivity index (χ1n) is 4.87. The van der Waals surface area contributed by atoms with E-state index in [1.54, 1.807) is 31.2 Å². The summed E-state index contributed by atoms with van der Waals surface area (Å²) in [6, 6.07) is 6.78. The predicted molar refractivity (Wildman–Crippen MR) is 65.5 cm³/mol. The van der Waals surface area contributed by atoms with E-state index in [4.69, 9.17) is 16.0 Å². The third-order valence-corrected chi connectivity index (χ3v) is 3.07. The molecule has 88 valence electrons. The van der Waals surface area contributed by atoms with Crippen LogP contribution in [0.25, 0.3) is 0 Å². The van der Waals surface area contributed by atoms with Crippen molar-refractivity contribution >= 4 is 29.1 Å². The SMILES string of the molecule is Cc1nnc(SCC(=O)c2ccc(Cl)cc2)o1. The summed E-state index contributed by atoms with van der Waals surface area (Å²) in [5.74, 6) is 0.762. The molecule has 0 amide bonds. The van der Waals surface area contributed by atoms with Gasteiger partial charge in [0.25, 0.3) is 5.22 Å². The summed E-state index contributed by atoms with van der Waals surface area (Å²) in [4.78, 5) is 11.8. The lowest BCUT2D eigenvalue weighted by Gasteiger charge is -1.98. The first-order valence-corrected chi connectivity index (χ1v) is 6.23. The Labute approximate surface area is 107 Å². The maximum absolute atomic E-state index is 11.8. The minimum Gasteiger partial charge on any atom is -0.416 e. The van der Waals surface area contributed by atoms with Gasteiger partial charge in [0.05, 0.1) is 5.75 Å². The van der Waals surface area contributed by atoms with Gasteiger partial charge in [-0.2, -0.15) is 0 Å². The van der Waals surface area contributed by atoms with Crippen LogP contribution in [0.1, 0.15) is 16.2 Å². The lowest BCUT2D eigenvalue weighted by molar-refractivity contribution is 0.102. The molecule has 0 aliphatic rings. The smallest absolute Gasteiger partial charge is 0.277 e. The van der Waals surface area contributed by atoms with Crippen molar-refractivity contribution in [1.82, 2.24) is 10.2 Å². The summed E-state index contributed by atoms with van der Waals surface area (Å²) in [5.41, 5.74) is 0.623. The highest BCUT2D eigenvalue weighted by molar-refractivity contribution is 7.99. The number of aryl methyl sites for hydroxylation is 1. The van der Waals surface area contributed by atoms with Gasteiger partial charge in [0, 0.05) is 17.5 Å². The number of rotatable bonds is 4. The Hall–Kier alpha value is -1.33. The fourth-order valence-electron chi connectivity index (χ4n) is 1.18. The number of Topliss-reactive ketones (excluding diaryl/α,β-unsaturated/α-hetero) is 1. The Balaban J connectivity index is 1.95. The van der Waals surface area contributed by atoms with E-state index in [1.165, 1.54) is 11.8 Å². The number of benzene rings is 1. The van der Waals surface area contributed by atoms with E-state index >= 15 is 0 Å². The number of halogens is 1. The van der Waals surface area contributed by atoms with Crippen LogP contribution in [-0.4, -0.2) is 21.7 Å². The van der Waals surface area contributed by atoms with Gasteiger partial charge in [0.1, 0.15) is 0 Å². The van der Waals surface area contributed by atoms with E-state index < -0.39 is 0 Å². The average molecular weight is 269 g/mol. The molecule has 0 spiro atoms. The fourth-order valence-corrected chi connectivity index (χ4v) is 2.01. The van der Waals surface area contributed by atoms with Crippen molar-refractivity contribution in [2.75, 3.05) is 5.75 Å². The molecule has 6 heteroatoms. The van der Waals surface area contributed by atoms with E-state index in [1.807, 2.05) is 0 Å². The van der Waals surface area contributed by atoms with Gasteiger partial charge in [-0.05, 0) is 24.3 Å². The van der Waals surface area contributed by atoms with Crippen LogP contribution in [0, 0.1) is 6.92 Å². The van der Waals surface area contributed by atoms with E-state index in [-0.39, 0.29) is 11.5 Å². The normalized spacial score (nSPS) is 10.5. The van der Waals surface area contributed by atoms with Crippen molar-refractivity contribution in [2.45, 2.75) is 12.1 Å². The molecule has 0 aliphatic heterocycles. The Kier molecular flexibility index (Phi) is 3.81. The lowest BCUT2D eigenvalue weighted by atomic mass is 10.1. The van der Waals surface area contributed by atoms with Crippen LogP contribution in [-0.2, 0) is 0 Å². The fraction of sp³-hybridized carbons (Fsp3) is 0.182. The van der Waals surface area contributed by atoms with Gasteiger partial charge in [-0.25, -0.2) is 0 Å². The van der Waals surface area contributed by atoms with Crippen LogP contribution in [0.2, 0.25) is 5.02 Å². The van der Waals surface area contributed by atoms with Crippen molar-refractivity contribution in [1.29, 1.82) is 0 Å². The molecular formula is C11H9ClN2O2S. The summed E-state index contributed by atoms with van der Waals surface area (Å²) in [5, 5.41) is 8.50. The number of nitrogens with zero attached hydrogens (tertiary/aromatic N) is 2. The minimum atomic E-state index is 0.00233. The third-order valence-electron chi connectivity index (χ3n) is 2.00. The van der Waals surface area contributed by atoms with E-state index in [0.29, 0.717) is 21.7 Å². The second-order valence-corrected chi connectivity index (χ2v) is 4.67. The molecule has 2 aromatic rings. The molecule has 0 bridgehead atoms. The number of hydrogen-bond donors (Lipinski definition) is 0. The second-order valence-electron chi connectivity index (χ2n) is 3.31. The highest BCUT2D eigenvalue weighted by Crippen LogP contribution is 2.18. The van der Waals surface area contributed by atoms with Crippen molar-refractivity contribution < 1.29 is 9.21 Å². The molecule has 2 rings (SSSR count). The highest BCUT2D eigenvalue weighted by Gasteiger charge is 2.09. The van der Waals surface area contributed by atoms with Crippen molar-refractivity contribution in [3.8, 4) is 0 Å². The lowest BCUT2D eigenvalue weighted by Crippen LogP contribution is -2.01. The van der Waals surface area contributed by atoms with Gasteiger partial charge in [0.15, 0.2) is 5.78 Å². The van der Waals surface area contributed by atoms with Crippen LogP contribution in [0.15, 0.2) is 33.9 Å². The molecule has 1 aromatic carbocycles. The Morgan fingerprint density at radius 3 is 2.65 bits per heavy atom. The summed E-state index contributed by atoms with van der Waals surface area (Å²) >= 11 is 6.97. The summed E-state index contributed by atoms with van der Waals surface area (Å²) in [6.45, 7) is 1.71. The van der Waals surface area contributed by atoms with E-state index in [9.17, 15) is 4.79 Å². The van der Waals surface area contributed by atoms with Gasteiger partial charge in [-0.15, -0.1) is 10.2 Å². The van der Waals surface area contributed by atoms with Gasteiger partial charge < -0.3 is 4.42 Å². The first kappa shape index (κ1) is 12.1. The second kappa shape index (κ2) is 5.33. The number of aromatic nitrogens is 2. The Morgan fingerprint density at radius 1 is 1.35 bits per heavy atom. The summed E-state index contributed by atoms with van der Waals surface area (Å²) in [6.07, 6.45) is 0. The largest absolute Gasteiger partial charge is 0.416 e.